The highest BCUT2D eigenvalue weighted by Gasteiger charge is 2.32. The number of primary amides is 1. The number of rotatable bonds is 3. The van der Waals surface area contributed by atoms with Crippen molar-refractivity contribution in [1.29, 1.82) is 0 Å². The van der Waals surface area contributed by atoms with Gasteiger partial charge in [0.25, 0.3) is 5.91 Å². The third kappa shape index (κ3) is 2.23. The molecule has 2 rings (SSSR count). The number of carboxylic acid groups (broad SMARTS) is 1. The van der Waals surface area contributed by atoms with E-state index in [-0.39, 0.29) is 18.1 Å². The van der Waals surface area contributed by atoms with Crippen LogP contribution in [0, 0.1) is 0 Å². The van der Waals surface area contributed by atoms with Crippen LogP contribution >= 0.6 is 0 Å². The summed E-state index contributed by atoms with van der Waals surface area (Å²) in [6, 6.07) is -0.895. The summed E-state index contributed by atoms with van der Waals surface area (Å²) in [4.78, 5) is 31.7. The van der Waals surface area contributed by atoms with Crippen LogP contribution in [0.1, 0.15) is 10.5 Å². The van der Waals surface area contributed by atoms with E-state index in [1.165, 1.54) is 17.3 Å². The Hall–Kier alpha value is -2.22. The molecule has 8 heteroatoms. The number of ether oxygens (including phenoxy) is 1. The van der Waals surface area contributed by atoms with Crippen molar-refractivity contribution >= 4 is 17.7 Å². The van der Waals surface area contributed by atoms with Gasteiger partial charge in [0.1, 0.15) is 0 Å². The van der Waals surface area contributed by atoms with Crippen molar-refractivity contribution in [2.75, 3.05) is 24.7 Å². The molecule has 1 saturated heterocycles. The van der Waals surface area contributed by atoms with E-state index in [4.69, 9.17) is 15.6 Å². The van der Waals surface area contributed by atoms with E-state index in [9.17, 15) is 9.59 Å². The van der Waals surface area contributed by atoms with Gasteiger partial charge in [-0.2, -0.15) is 0 Å². The molecule has 1 atom stereocenters. The van der Waals surface area contributed by atoms with Gasteiger partial charge in [0, 0.05) is 18.9 Å². The molecule has 1 unspecified atom stereocenters. The number of hydrogen-bond acceptors (Lipinski definition) is 6. The molecule has 0 bridgehead atoms. The maximum atomic E-state index is 11.3. The first-order chi connectivity index (χ1) is 8.61. The Morgan fingerprint density at radius 3 is 2.83 bits per heavy atom. The van der Waals surface area contributed by atoms with Gasteiger partial charge in [-0.15, -0.1) is 0 Å². The van der Waals surface area contributed by atoms with Crippen LogP contribution in [0.5, 0.6) is 0 Å². The second-order valence-corrected chi connectivity index (χ2v) is 3.72. The van der Waals surface area contributed by atoms with E-state index < -0.39 is 17.9 Å². The van der Waals surface area contributed by atoms with Crippen molar-refractivity contribution in [2.45, 2.75) is 6.04 Å². The van der Waals surface area contributed by atoms with E-state index in [1.54, 1.807) is 0 Å². The van der Waals surface area contributed by atoms with Crippen molar-refractivity contribution in [1.82, 2.24) is 9.97 Å². The second kappa shape index (κ2) is 4.96. The minimum Gasteiger partial charge on any atom is -0.480 e. The zero-order chi connectivity index (χ0) is 13.1. The van der Waals surface area contributed by atoms with Crippen LogP contribution in [0.15, 0.2) is 12.4 Å². The Morgan fingerprint density at radius 2 is 2.17 bits per heavy atom. The average Bonchev–Trinajstić information content (AvgIpc) is 2.38. The number of carbonyl (C=O) groups excluding carboxylic acids is 1. The van der Waals surface area contributed by atoms with Crippen LogP contribution in [0.4, 0.5) is 5.82 Å². The van der Waals surface area contributed by atoms with Crippen LogP contribution in [0.3, 0.4) is 0 Å². The first kappa shape index (κ1) is 12.2. The standard InChI is InChI=1S/C10H12N4O4/c11-8(15)7-9(13-2-1-12-7)14-3-4-18-5-6(14)10(16)17/h1-2,6H,3-5H2,(H2,11,15)(H,16,17). The van der Waals surface area contributed by atoms with Crippen molar-refractivity contribution in [2.24, 2.45) is 5.73 Å². The van der Waals surface area contributed by atoms with Crippen LogP contribution in [-0.4, -0.2) is 52.8 Å². The summed E-state index contributed by atoms with van der Waals surface area (Å²) in [5.74, 6) is -1.61. The molecule has 18 heavy (non-hydrogen) atoms. The first-order valence-corrected chi connectivity index (χ1v) is 5.29. The maximum absolute atomic E-state index is 11.3. The number of morpholine rings is 1. The number of carbonyl (C=O) groups is 2. The largest absolute Gasteiger partial charge is 0.480 e. The predicted octanol–water partition coefficient (Wildman–Crippen LogP) is -1.13. The molecule has 1 amide bonds. The Bertz CT molecular complexity index is 479. The van der Waals surface area contributed by atoms with Crippen LogP contribution in [0.2, 0.25) is 0 Å². The summed E-state index contributed by atoms with van der Waals surface area (Å²) >= 11 is 0. The van der Waals surface area contributed by atoms with Crippen molar-refractivity contribution in [3.63, 3.8) is 0 Å². The lowest BCUT2D eigenvalue weighted by atomic mass is 10.2. The lowest BCUT2D eigenvalue weighted by molar-refractivity contribution is -0.141. The first-order valence-electron chi connectivity index (χ1n) is 5.29. The molecule has 1 aromatic rings. The van der Waals surface area contributed by atoms with E-state index in [1.807, 2.05) is 0 Å². The van der Waals surface area contributed by atoms with Crippen LogP contribution in [0.25, 0.3) is 0 Å². The number of anilines is 1. The molecule has 0 aliphatic carbocycles. The lowest BCUT2D eigenvalue weighted by Gasteiger charge is -2.34. The molecule has 3 N–H and O–H groups in total. The van der Waals surface area contributed by atoms with E-state index in [2.05, 4.69) is 9.97 Å². The van der Waals surface area contributed by atoms with Gasteiger partial charge in [-0.25, -0.2) is 14.8 Å². The van der Waals surface area contributed by atoms with E-state index >= 15 is 0 Å². The highest BCUT2D eigenvalue weighted by Crippen LogP contribution is 2.20. The molecule has 1 aromatic heterocycles. The zero-order valence-electron chi connectivity index (χ0n) is 9.44. The second-order valence-electron chi connectivity index (χ2n) is 3.72. The molecular formula is C10H12N4O4. The Morgan fingerprint density at radius 1 is 1.44 bits per heavy atom. The summed E-state index contributed by atoms with van der Waals surface area (Å²) in [5, 5.41) is 9.11. The molecule has 0 aromatic carbocycles. The quantitative estimate of drug-likeness (QED) is 0.698. The third-order valence-electron chi connectivity index (χ3n) is 2.60. The van der Waals surface area contributed by atoms with Crippen molar-refractivity contribution in [3.8, 4) is 0 Å². The number of nitrogens with two attached hydrogens (primary N) is 1. The topological polar surface area (TPSA) is 119 Å². The van der Waals surface area contributed by atoms with Crippen LogP contribution in [-0.2, 0) is 9.53 Å². The van der Waals surface area contributed by atoms with Gasteiger partial charge in [0.05, 0.1) is 13.2 Å². The summed E-state index contributed by atoms with van der Waals surface area (Å²) in [6.45, 7) is 0.707. The smallest absolute Gasteiger partial charge is 0.328 e. The Kier molecular flexibility index (Phi) is 3.38. The van der Waals surface area contributed by atoms with Gasteiger partial charge in [-0.05, 0) is 0 Å². The van der Waals surface area contributed by atoms with E-state index in [0.717, 1.165) is 0 Å². The summed E-state index contributed by atoms with van der Waals surface area (Å²) in [6.07, 6.45) is 2.72. The fraction of sp³-hybridized carbons (Fsp3) is 0.400. The van der Waals surface area contributed by atoms with Crippen molar-refractivity contribution < 1.29 is 19.4 Å². The van der Waals surface area contributed by atoms with Gasteiger partial charge in [-0.1, -0.05) is 0 Å². The van der Waals surface area contributed by atoms with Gasteiger partial charge < -0.3 is 20.5 Å². The molecule has 96 valence electrons. The highest BCUT2D eigenvalue weighted by atomic mass is 16.5. The van der Waals surface area contributed by atoms with Gasteiger partial charge >= 0.3 is 5.97 Å². The zero-order valence-corrected chi connectivity index (χ0v) is 9.44. The molecule has 1 aliphatic heterocycles. The summed E-state index contributed by atoms with van der Waals surface area (Å²) in [5.41, 5.74) is 5.16. The molecule has 1 aliphatic rings. The molecular weight excluding hydrogens is 240 g/mol. The fourth-order valence-corrected chi connectivity index (χ4v) is 1.78. The lowest BCUT2D eigenvalue weighted by Crippen LogP contribution is -2.51. The molecule has 0 saturated carbocycles. The number of aliphatic carboxylic acids is 1. The Labute approximate surface area is 102 Å². The normalized spacial score (nSPS) is 19.6. The molecule has 8 nitrogen and oxygen atoms in total. The maximum Gasteiger partial charge on any atom is 0.328 e. The van der Waals surface area contributed by atoms with E-state index in [0.29, 0.717) is 13.2 Å². The highest BCUT2D eigenvalue weighted by molar-refractivity contribution is 5.96. The SMILES string of the molecule is NC(=O)c1nccnc1N1CCOCC1C(=O)O. The Balaban J connectivity index is 2.39. The summed E-state index contributed by atoms with van der Waals surface area (Å²) < 4.78 is 5.11. The minimum absolute atomic E-state index is 0.0319. The number of hydrogen-bond donors (Lipinski definition) is 2. The van der Waals surface area contributed by atoms with Gasteiger partial charge in [-0.3, -0.25) is 4.79 Å². The molecule has 2 heterocycles. The third-order valence-corrected chi connectivity index (χ3v) is 2.60. The molecule has 1 fully saturated rings. The van der Waals surface area contributed by atoms with Crippen LogP contribution < -0.4 is 10.6 Å². The van der Waals surface area contributed by atoms with Gasteiger partial charge in [0.2, 0.25) is 0 Å². The van der Waals surface area contributed by atoms with Crippen molar-refractivity contribution in [3.05, 3.63) is 18.1 Å². The summed E-state index contributed by atoms with van der Waals surface area (Å²) in [7, 11) is 0. The number of aromatic nitrogens is 2. The number of nitrogens with zero attached hydrogens (tertiary/aromatic N) is 3. The predicted molar refractivity (Wildman–Crippen MR) is 60.1 cm³/mol. The molecule has 0 spiro atoms. The minimum atomic E-state index is -1.05. The average molecular weight is 252 g/mol. The van der Waals surface area contributed by atoms with Gasteiger partial charge in [0.15, 0.2) is 17.6 Å². The fourth-order valence-electron chi connectivity index (χ4n) is 1.78. The monoisotopic (exact) mass is 252 g/mol. The number of carboxylic acids is 1. The molecule has 0 radical (unpaired) electrons. The number of amides is 1.